The highest BCUT2D eigenvalue weighted by Crippen LogP contribution is 2.32. The molecule has 3 nitrogen and oxygen atoms in total. The predicted molar refractivity (Wildman–Crippen MR) is 165 cm³/mol. The van der Waals surface area contributed by atoms with E-state index in [-0.39, 0.29) is 12.5 Å². The van der Waals surface area contributed by atoms with E-state index < -0.39 is 12.1 Å². The Morgan fingerprint density at radius 3 is 2.20 bits per heavy atom. The number of benzene rings is 2. The van der Waals surface area contributed by atoms with Gasteiger partial charge in [0, 0.05) is 0 Å². The molecule has 3 rings (SSSR count). The second kappa shape index (κ2) is 18.4. The number of aryl methyl sites for hydroxylation is 1. The Morgan fingerprint density at radius 1 is 0.875 bits per heavy atom. The van der Waals surface area contributed by atoms with E-state index in [2.05, 4.69) is 37.3 Å². The maximum Gasteiger partial charge on any atom is 0.340 e. The third-order valence-electron chi connectivity index (χ3n) is 8.21. The number of carbonyl (C=O) groups excluding carboxylic acids is 1. The van der Waals surface area contributed by atoms with Crippen molar-refractivity contribution in [1.82, 2.24) is 0 Å². The summed E-state index contributed by atoms with van der Waals surface area (Å²) in [4.78, 5) is 12.0. The van der Waals surface area contributed by atoms with Crippen molar-refractivity contribution in [3.05, 3.63) is 53.1 Å². The van der Waals surface area contributed by atoms with Crippen LogP contribution in [0.3, 0.4) is 0 Å². The van der Waals surface area contributed by atoms with E-state index in [0.717, 1.165) is 74.7 Å². The summed E-state index contributed by atoms with van der Waals surface area (Å²) in [5.41, 5.74) is 3.57. The average molecular weight is 573 g/mol. The quantitative estimate of drug-likeness (QED) is 0.132. The van der Waals surface area contributed by atoms with Gasteiger partial charge in [0.25, 0.3) is 0 Å². The summed E-state index contributed by atoms with van der Waals surface area (Å²) < 4.78 is 25.3. The van der Waals surface area contributed by atoms with Crippen molar-refractivity contribution in [3.8, 4) is 16.9 Å². The number of hydrogen-bond donors (Lipinski definition) is 0. The minimum atomic E-state index is -1.47. The standard InChI is InChI=1S/C35H50ClFO3/c1-3-5-7-8-9-10-11-25-39-34-24-21-30(26-32(34)36)29-19-15-27(16-20-29)13-14-28-17-22-31(23-18-28)40-35(38)33(37)12-6-4-2/h15-16,19-21,24,26,28,31,33H,3-14,17-18,22-23,25H2,1-2H3/t28-,31-,33-/m0/s1. The molecule has 0 heterocycles. The Hall–Kier alpha value is -2.07. The van der Waals surface area contributed by atoms with E-state index in [0.29, 0.717) is 17.5 Å². The van der Waals surface area contributed by atoms with Gasteiger partial charge in [-0.15, -0.1) is 0 Å². The zero-order valence-corrected chi connectivity index (χ0v) is 25.5. The molecule has 0 bridgehead atoms. The third-order valence-corrected chi connectivity index (χ3v) is 8.50. The lowest BCUT2D eigenvalue weighted by atomic mass is 9.83. The number of rotatable bonds is 18. The molecule has 0 radical (unpaired) electrons. The zero-order chi connectivity index (χ0) is 28.6. The molecule has 1 atom stereocenters. The van der Waals surface area contributed by atoms with E-state index in [1.165, 1.54) is 44.1 Å². The first-order valence-corrected chi connectivity index (χ1v) is 16.2. The molecule has 2 aromatic rings. The van der Waals surface area contributed by atoms with Crippen molar-refractivity contribution >= 4 is 17.6 Å². The van der Waals surface area contributed by atoms with Gasteiger partial charge < -0.3 is 9.47 Å². The Labute approximate surface area is 247 Å². The second-order valence-corrected chi connectivity index (χ2v) is 11.9. The summed E-state index contributed by atoms with van der Waals surface area (Å²) in [5.74, 6) is 0.728. The molecule has 0 aliphatic heterocycles. The Morgan fingerprint density at radius 2 is 1.52 bits per heavy atom. The fraction of sp³-hybridized carbons (Fsp3) is 0.629. The van der Waals surface area contributed by atoms with Crippen LogP contribution in [0, 0.1) is 5.92 Å². The average Bonchev–Trinajstić information content (AvgIpc) is 2.97. The topological polar surface area (TPSA) is 35.5 Å². The maximum atomic E-state index is 13.9. The van der Waals surface area contributed by atoms with Crippen LogP contribution in [0.15, 0.2) is 42.5 Å². The van der Waals surface area contributed by atoms with E-state index in [1.54, 1.807) is 0 Å². The van der Waals surface area contributed by atoms with Crippen molar-refractivity contribution in [1.29, 1.82) is 0 Å². The number of halogens is 2. The molecule has 1 aliphatic carbocycles. The molecule has 222 valence electrons. The summed E-state index contributed by atoms with van der Waals surface area (Å²) in [5, 5.41) is 0.661. The van der Waals surface area contributed by atoms with Crippen LogP contribution in [0.1, 0.15) is 116 Å². The van der Waals surface area contributed by atoms with Crippen LogP contribution in [-0.4, -0.2) is 24.9 Å². The van der Waals surface area contributed by atoms with Gasteiger partial charge in [-0.05, 0) is 86.1 Å². The van der Waals surface area contributed by atoms with Gasteiger partial charge in [-0.3, -0.25) is 0 Å². The number of ether oxygens (including phenoxy) is 2. The van der Waals surface area contributed by atoms with Crippen molar-refractivity contribution in [3.63, 3.8) is 0 Å². The fourth-order valence-corrected chi connectivity index (χ4v) is 5.79. The Kier molecular flexibility index (Phi) is 14.9. The van der Waals surface area contributed by atoms with Crippen LogP contribution < -0.4 is 4.74 Å². The van der Waals surface area contributed by atoms with Crippen molar-refractivity contribution < 1.29 is 18.7 Å². The van der Waals surface area contributed by atoms with Gasteiger partial charge in [0.1, 0.15) is 11.9 Å². The molecule has 1 saturated carbocycles. The first kappa shape index (κ1) is 32.4. The van der Waals surface area contributed by atoms with Gasteiger partial charge in [-0.2, -0.15) is 0 Å². The molecule has 2 aromatic carbocycles. The minimum Gasteiger partial charge on any atom is -0.492 e. The fourth-order valence-electron chi connectivity index (χ4n) is 5.55. The summed E-state index contributed by atoms with van der Waals surface area (Å²) in [6.45, 7) is 4.96. The SMILES string of the molecule is CCCCCCCCCOc1ccc(-c2ccc(CC[C@H]3CC[C@H](OC(=O)[C@@H](F)CCCC)CC3)cc2)cc1Cl. The van der Waals surface area contributed by atoms with Crippen LogP contribution in [-0.2, 0) is 16.0 Å². The minimum absolute atomic E-state index is 0.119. The van der Waals surface area contributed by atoms with Gasteiger partial charge in [0.05, 0.1) is 11.6 Å². The number of unbranched alkanes of at least 4 members (excludes halogenated alkanes) is 7. The zero-order valence-electron chi connectivity index (χ0n) is 24.8. The van der Waals surface area contributed by atoms with Crippen LogP contribution in [0.5, 0.6) is 5.75 Å². The predicted octanol–water partition coefficient (Wildman–Crippen LogP) is 10.7. The second-order valence-electron chi connectivity index (χ2n) is 11.5. The lowest BCUT2D eigenvalue weighted by Gasteiger charge is -2.28. The largest absolute Gasteiger partial charge is 0.492 e. The first-order chi connectivity index (χ1) is 19.5. The lowest BCUT2D eigenvalue weighted by Crippen LogP contribution is -2.29. The van der Waals surface area contributed by atoms with Crippen LogP contribution in [0.25, 0.3) is 11.1 Å². The van der Waals surface area contributed by atoms with Crippen LogP contribution in [0.4, 0.5) is 4.39 Å². The number of esters is 1. The first-order valence-electron chi connectivity index (χ1n) is 15.9. The van der Waals surface area contributed by atoms with Gasteiger partial charge in [-0.1, -0.05) is 107 Å². The summed E-state index contributed by atoms with van der Waals surface area (Å²) in [6.07, 6.45) is 15.1. The molecule has 40 heavy (non-hydrogen) atoms. The molecule has 0 saturated heterocycles. The molecular formula is C35H50ClFO3. The lowest BCUT2D eigenvalue weighted by molar-refractivity contribution is -0.157. The highest BCUT2D eigenvalue weighted by Gasteiger charge is 2.27. The smallest absolute Gasteiger partial charge is 0.340 e. The van der Waals surface area contributed by atoms with Gasteiger partial charge in [0.2, 0.25) is 0 Å². The van der Waals surface area contributed by atoms with E-state index in [4.69, 9.17) is 21.1 Å². The summed E-state index contributed by atoms with van der Waals surface area (Å²) in [6, 6.07) is 14.8. The molecular weight excluding hydrogens is 523 g/mol. The normalized spacial score (nSPS) is 17.9. The highest BCUT2D eigenvalue weighted by atomic mass is 35.5. The van der Waals surface area contributed by atoms with Gasteiger partial charge >= 0.3 is 5.97 Å². The molecule has 1 fully saturated rings. The summed E-state index contributed by atoms with van der Waals surface area (Å²) >= 11 is 6.55. The molecule has 0 spiro atoms. The van der Waals surface area contributed by atoms with Crippen LogP contribution in [0.2, 0.25) is 5.02 Å². The molecule has 5 heteroatoms. The molecule has 1 aliphatic rings. The van der Waals surface area contributed by atoms with Crippen molar-refractivity contribution in [2.24, 2.45) is 5.92 Å². The monoisotopic (exact) mass is 572 g/mol. The molecule has 0 N–H and O–H groups in total. The molecule has 0 aromatic heterocycles. The van der Waals surface area contributed by atoms with E-state index in [1.807, 2.05) is 19.1 Å². The Bertz CT molecular complexity index is 985. The number of hydrogen-bond acceptors (Lipinski definition) is 3. The molecule has 0 amide bonds. The Balaban J connectivity index is 1.36. The maximum absolute atomic E-state index is 13.9. The van der Waals surface area contributed by atoms with Crippen molar-refractivity contribution in [2.75, 3.05) is 6.61 Å². The van der Waals surface area contributed by atoms with Gasteiger partial charge in [0.15, 0.2) is 6.17 Å². The molecule has 0 unspecified atom stereocenters. The highest BCUT2D eigenvalue weighted by molar-refractivity contribution is 6.32. The van der Waals surface area contributed by atoms with E-state index >= 15 is 0 Å². The third kappa shape index (κ3) is 11.4. The number of alkyl halides is 1. The van der Waals surface area contributed by atoms with Gasteiger partial charge in [-0.25, -0.2) is 9.18 Å². The van der Waals surface area contributed by atoms with Crippen LogP contribution >= 0.6 is 11.6 Å². The summed E-state index contributed by atoms with van der Waals surface area (Å²) in [7, 11) is 0. The number of carbonyl (C=O) groups is 1. The van der Waals surface area contributed by atoms with E-state index in [9.17, 15) is 9.18 Å². The van der Waals surface area contributed by atoms with Crippen molar-refractivity contribution in [2.45, 2.75) is 129 Å².